The molecule has 144 valence electrons. The molecule has 3 aromatic carbocycles. The van der Waals surface area contributed by atoms with Crippen LogP contribution in [0.4, 0.5) is 0 Å². The highest BCUT2D eigenvalue weighted by atomic mass is 32.2. The van der Waals surface area contributed by atoms with E-state index in [1.807, 2.05) is 66.7 Å². The van der Waals surface area contributed by atoms with Crippen LogP contribution < -0.4 is 4.74 Å². The molecule has 0 aliphatic heterocycles. The topological polar surface area (TPSA) is 39.9 Å². The average molecular weight is 400 g/mol. The molecule has 0 fully saturated rings. The highest BCUT2D eigenvalue weighted by Crippen LogP contribution is 2.23. The Balaban J connectivity index is 1.50. The number of thioether (sulfide) groups is 1. The predicted octanol–water partition coefficient (Wildman–Crippen LogP) is 5.65. The van der Waals surface area contributed by atoms with Crippen LogP contribution in [0.5, 0.6) is 5.75 Å². The number of rotatable bonds is 8. The molecule has 29 heavy (non-hydrogen) atoms. The van der Waals surface area contributed by atoms with Crippen molar-refractivity contribution in [2.24, 2.45) is 0 Å². The van der Waals surface area contributed by atoms with E-state index >= 15 is 0 Å². The molecule has 0 radical (unpaired) electrons. The third-order valence-electron chi connectivity index (χ3n) is 4.24. The van der Waals surface area contributed by atoms with E-state index in [0.717, 1.165) is 28.2 Å². The maximum Gasteiger partial charge on any atom is 0.196 e. The lowest BCUT2D eigenvalue weighted by molar-refractivity contribution is 0.293. The SMILES string of the molecule is C(=Cc1ccccc1)CSc1nnc(COc2ccccc2)n1-c1ccccc1. The Bertz CT molecular complexity index is 1050. The lowest BCUT2D eigenvalue weighted by Gasteiger charge is -2.10. The zero-order valence-corrected chi connectivity index (χ0v) is 16.7. The Hall–Kier alpha value is -3.31. The summed E-state index contributed by atoms with van der Waals surface area (Å²) in [7, 11) is 0. The van der Waals surface area contributed by atoms with Crippen molar-refractivity contribution in [1.82, 2.24) is 14.8 Å². The van der Waals surface area contributed by atoms with E-state index in [4.69, 9.17) is 4.74 Å². The van der Waals surface area contributed by atoms with Gasteiger partial charge in [0.1, 0.15) is 12.4 Å². The number of hydrogen-bond donors (Lipinski definition) is 0. The molecule has 0 spiro atoms. The van der Waals surface area contributed by atoms with Crippen molar-refractivity contribution in [2.45, 2.75) is 11.8 Å². The Morgan fingerprint density at radius 1 is 0.793 bits per heavy atom. The Kier molecular flexibility index (Phi) is 6.40. The quantitative estimate of drug-likeness (QED) is 0.359. The van der Waals surface area contributed by atoms with Crippen molar-refractivity contribution in [2.75, 3.05) is 5.75 Å². The van der Waals surface area contributed by atoms with Gasteiger partial charge in [0.2, 0.25) is 0 Å². The molecule has 0 atom stereocenters. The van der Waals surface area contributed by atoms with E-state index in [1.54, 1.807) is 11.8 Å². The number of benzene rings is 3. The Morgan fingerprint density at radius 3 is 2.17 bits per heavy atom. The van der Waals surface area contributed by atoms with E-state index in [-0.39, 0.29) is 0 Å². The van der Waals surface area contributed by atoms with Crippen LogP contribution in [0, 0.1) is 0 Å². The minimum atomic E-state index is 0.353. The first-order chi connectivity index (χ1) is 14.4. The van der Waals surface area contributed by atoms with Crippen LogP contribution in [-0.2, 0) is 6.61 Å². The fourth-order valence-electron chi connectivity index (χ4n) is 2.86. The van der Waals surface area contributed by atoms with Gasteiger partial charge in [0.25, 0.3) is 0 Å². The average Bonchev–Trinajstić information content (AvgIpc) is 3.20. The monoisotopic (exact) mass is 399 g/mol. The molecule has 1 heterocycles. The van der Waals surface area contributed by atoms with Crippen molar-refractivity contribution in [3.63, 3.8) is 0 Å². The molecule has 0 saturated heterocycles. The summed E-state index contributed by atoms with van der Waals surface area (Å²) in [6, 6.07) is 30.2. The van der Waals surface area contributed by atoms with Crippen LogP contribution in [0.25, 0.3) is 11.8 Å². The summed E-state index contributed by atoms with van der Waals surface area (Å²) < 4.78 is 7.96. The predicted molar refractivity (Wildman–Crippen MR) is 118 cm³/mol. The molecular weight excluding hydrogens is 378 g/mol. The summed E-state index contributed by atoms with van der Waals surface area (Å²) in [6.07, 6.45) is 4.26. The first-order valence-electron chi connectivity index (χ1n) is 9.42. The Morgan fingerprint density at radius 2 is 1.45 bits per heavy atom. The normalized spacial score (nSPS) is 11.0. The van der Waals surface area contributed by atoms with Gasteiger partial charge in [-0.3, -0.25) is 4.57 Å². The molecular formula is C24H21N3OS. The molecule has 0 bridgehead atoms. The second-order valence-electron chi connectivity index (χ2n) is 6.30. The fraction of sp³-hybridized carbons (Fsp3) is 0.0833. The molecule has 0 saturated carbocycles. The first kappa shape index (κ1) is 19.0. The van der Waals surface area contributed by atoms with Crippen LogP contribution in [0.1, 0.15) is 11.4 Å². The van der Waals surface area contributed by atoms with Gasteiger partial charge in [-0.15, -0.1) is 10.2 Å². The van der Waals surface area contributed by atoms with Gasteiger partial charge in [0, 0.05) is 11.4 Å². The standard InChI is InChI=1S/C24H21N3OS/c1-4-11-20(12-5-1)13-10-18-29-24-26-25-23(19-28-22-16-8-3-9-17-22)27(24)21-14-6-2-7-15-21/h1-17H,18-19H2. The number of nitrogens with zero attached hydrogens (tertiary/aromatic N) is 3. The summed E-state index contributed by atoms with van der Waals surface area (Å²) in [5, 5.41) is 9.65. The summed E-state index contributed by atoms with van der Waals surface area (Å²) in [4.78, 5) is 0. The van der Waals surface area contributed by atoms with Crippen LogP contribution >= 0.6 is 11.8 Å². The number of ether oxygens (including phenoxy) is 1. The summed E-state index contributed by atoms with van der Waals surface area (Å²) in [6.45, 7) is 0.353. The highest BCUT2D eigenvalue weighted by Gasteiger charge is 2.14. The van der Waals surface area contributed by atoms with Crippen molar-refractivity contribution in [3.05, 3.63) is 108 Å². The maximum absolute atomic E-state index is 5.90. The lowest BCUT2D eigenvalue weighted by Crippen LogP contribution is -2.06. The second kappa shape index (κ2) is 9.75. The smallest absolute Gasteiger partial charge is 0.196 e. The summed E-state index contributed by atoms with van der Waals surface area (Å²) in [5.74, 6) is 2.39. The van der Waals surface area contributed by atoms with Gasteiger partial charge in [-0.2, -0.15) is 0 Å². The van der Waals surface area contributed by atoms with E-state index in [1.165, 1.54) is 5.56 Å². The molecule has 4 nitrogen and oxygen atoms in total. The summed E-state index contributed by atoms with van der Waals surface area (Å²) in [5.41, 5.74) is 2.22. The molecule has 4 aromatic rings. The van der Waals surface area contributed by atoms with Crippen LogP contribution in [-0.4, -0.2) is 20.5 Å². The van der Waals surface area contributed by atoms with Crippen LogP contribution in [0.2, 0.25) is 0 Å². The van der Waals surface area contributed by atoms with Gasteiger partial charge in [-0.25, -0.2) is 0 Å². The fourth-order valence-corrected chi connectivity index (χ4v) is 3.64. The number of aromatic nitrogens is 3. The second-order valence-corrected chi connectivity index (χ2v) is 7.28. The lowest BCUT2D eigenvalue weighted by atomic mass is 10.2. The van der Waals surface area contributed by atoms with Gasteiger partial charge in [0.05, 0.1) is 0 Å². The third kappa shape index (κ3) is 5.15. The maximum atomic E-state index is 5.90. The van der Waals surface area contributed by atoms with Gasteiger partial charge in [-0.1, -0.05) is 90.6 Å². The van der Waals surface area contributed by atoms with E-state index in [9.17, 15) is 0 Å². The molecule has 5 heteroatoms. The van der Waals surface area contributed by atoms with E-state index in [2.05, 4.69) is 51.2 Å². The zero-order valence-electron chi connectivity index (χ0n) is 15.9. The van der Waals surface area contributed by atoms with Gasteiger partial charge in [-0.05, 0) is 29.8 Å². The molecule has 1 aromatic heterocycles. The molecule has 0 aliphatic rings. The number of para-hydroxylation sites is 2. The van der Waals surface area contributed by atoms with Crippen molar-refractivity contribution >= 4 is 17.8 Å². The third-order valence-corrected chi connectivity index (χ3v) is 5.13. The highest BCUT2D eigenvalue weighted by molar-refractivity contribution is 7.99. The molecule has 4 rings (SSSR count). The zero-order chi connectivity index (χ0) is 19.7. The van der Waals surface area contributed by atoms with E-state index < -0.39 is 0 Å². The molecule has 0 amide bonds. The minimum absolute atomic E-state index is 0.353. The van der Waals surface area contributed by atoms with Crippen LogP contribution in [0.3, 0.4) is 0 Å². The molecule has 0 N–H and O–H groups in total. The van der Waals surface area contributed by atoms with E-state index in [0.29, 0.717) is 6.61 Å². The van der Waals surface area contributed by atoms with Crippen molar-refractivity contribution in [3.8, 4) is 11.4 Å². The van der Waals surface area contributed by atoms with Crippen molar-refractivity contribution in [1.29, 1.82) is 0 Å². The van der Waals surface area contributed by atoms with Gasteiger partial charge < -0.3 is 4.74 Å². The molecule has 0 unspecified atom stereocenters. The van der Waals surface area contributed by atoms with Gasteiger partial charge in [0.15, 0.2) is 11.0 Å². The minimum Gasteiger partial charge on any atom is -0.486 e. The summed E-state index contributed by atoms with van der Waals surface area (Å²) >= 11 is 1.65. The van der Waals surface area contributed by atoms with Crippen molar-refractivity contribution < 1.29 is 4.74 Å². The first-order valence-corrected chi connectivity index (χ1v) is 10.4. The largest absolute Gasteiger partial charge is 0.486 e. The number of hydrogen-bond acceptors (Lipinski definition) is 4. The molecule has 0 aliphatic carbocycles. The Labute approximate surface area is 174 Å². The van der Waals surface area contributed by atoms with Gasteiger partial charge >= 0.3 is 0 Å². The van der Waals surface area contributed by atoms with Crippen LogP contribution in [0.15, 0.2) is 102 Å².